The molecule has 0 aromatic heterocycles. The van der Waals surface area contributed by atoms with Gasteiger partial charge in [-0.15, -0.1) is 0 Å². The summed E-state index contributed by atoms with van der Waals surface area (Å²) in [7, 11) is 0. The van der Waals surface area contributed by atoms with Crippen molar-refractivity contribution in [3.8, 4) is 5.75 Å². The van der Waals surface area contributed by atoms with Gasteiger partial charge in [0.05, 0.1) is 18.1 Å². The third-order valence-corrected chi connectivity index (χ3v) is 2.36. The second-order valence-electron chi connectivity index (χ2n) is 3.12. The number of hydrogen-bond donors (Lipinski definition) is 1. The summed E-state index contributed by atoms with van der Waals surface area (Å²) in [5.74, 6) is 0.231. The van der Waals surface area contributed by atoms with Crippen LogP contribution in [0.4, 0.5) is 5.69 Å². The molecule has 0 bridgehead atoms. The largest absolute Gasteiger partial charge is 0.484 e. The van der Waals surface area contributed by atoms with Crippen LogP contribution in [-0.4, -0.2) is 31.3 Å². The van der Waals surface area contributed by atoms with Gasteiger partial charge in [0.2, 0.25) is 0 Å². The molecule has 2 N–H and O–H groups in total. The molecule has 0 unspecified atom stereocenters. The van der Waals surface area contributed by atoms with Gasteiger partial charge >= 0.3 is 5.69 Å². The van der Waals surface area contributed by atoms with Gasteiger partial charge in [-0.2, -0.15) is 0 Å². The molecular formula is C10H13BrN2O4. The maximum atomic E-state index is 10.8. The highest BCUT2D eigenvalue weighted by Crippen LogP contribution is 2.29. The van der Waals surface area contributed by atoms with E-state index in [0.717, 1.165) is 0 Å². The highest BCUT2D eigenvalue weighted by atomic mass is 79.9. The van der Waals surface area contributed by atoms with E-state index in [2.05, 4.69) is 15.9 Å². The van der Waals surface area contributed by atoms with Gasteiger partial charge in [-0.25, -0.2) is 0 Å². The average Bonchev–Trinajstić information content (AvgIpc) is 2.30. The standard InChI is InChI=1S/C10H13BrN2O4/c11-8-1-2-10(9(7-8)13(14)15)17-6-5-16-4-3-12/h1-2,7H,3-6,12H2. The predicted molar refractivity (Wildman–Crippen MR) is 66.2 cm³/mol. The van der Waals surface area contributed by atoms with Crippen LogP contribution in [0.1, 0.15) is 0 Å². The van der Waals surface area contributed by atoms with Crippen LogP contribution in [0.5, 0.6) is 5.75 Å². The Bertz CT molecular complexity index is 387. The fraction of sp³-hybridized carbons (Fsp3) is 0.400. The van der Waals surface area contributed by atoms with Crippen molar-refractivity contribution in [1.82, 2.24) is 0 Å². The van der Waals surface area contributed by atoms with Crippen molar-refractivity contribution in [2.75, 3.05) is 26.4 Å². The van der Waals surface area contributed by atoms with Crippen LogP contribution in [0.15, 0.2) is 22.7 Å². The zero-order chi connectivity index (χ0) is 12.7. The molecule has 0 aliphatic heterocycles. The molecule has 0 saturated heterocycles. The summed E-state index contributed by atoms with van der Waals surface area (Å²) in [5.41, 5.74) is 5.17. The van der Waals surface area contributed by atoms with E-state index < -0.39 is 4.92 Å². The Morgan fingerprint density at radius 2 is 2.12 bits per heavy atom. The lowest BCUT2D eigenvalue weighted by molar-refractivity contribution is -0.386. The second kappa shape index (κ2) is 7.21. The number of hydrogen-bond acceptors (Lipinski definition) is 5. The van der Waals surface area contributed by atoms with Gasteiger partial charge in [0, 0.05) is 17.1 Å². The lowest BCUT2D eigenvalue weighted by Crippen LogP contribution is -2.13. The predicted octanol–water partition coefficient (Wildman–Crippen LogP) is 1.71. The smallest absolute Gasteiger partial charge is 0.312 e. The summed E-state index contributed by atoms with van der Waals surface area (Å²) >= 11 is 3.17. The Labute approximate surface area is 107 Å². The summed E-state index contributed by atoms with van der Waals surface area (Å²) in [6.07, 6.45) is 0. The van der Waals surface area contributed by atoms with E-state index >= 15 is 0 Å². The van der Waals surface area contributed by atoms with Crippen LogP contribution >= 0.6 is 15.9 Å². The monoisotopic (exact) mass is 304 g/mol. The number of nitrogens with zero attached hydrogens (tertiary/aromatic N) is 1. The van der Waals surface area contributed by atoms with Crippen molar-refractivity contribution in [2.24, 2.45) is 5.73 Å². The molecule has 1 aromatic carbocycles. The van der Waals surface area contributed by atoms with E-state index in [1.165, 1.54) is 6.07 Å². The fourth-order valence-corrected chi connectivity index (χ4v) is 1.50. The second-order valence-corrected chi connectivity index (χ2v) is 4.03. The van der Waals surface area contributed by atoms with Crippen LogP contribution < -0.4 is 10.5 Å². The van der Waals surface area contributed by atoms with E-state index in [1.54, 1.807) is 12.1 Å². The first-order chi connectivity index (χ1) is 8.15. The summed E-state index contributed by atoms with van der Waals surface area (Å²) in [5, 5.41) is 10.8. The van der Waals surface area contributed by atoms with Gasteiger partial charge in [0.1, 0.15) is 6.61 Å². The molecule has 0 heterocycles. The minimum atomic E-state index is -0.485. The van der Waals surface area contributed by atoms with Gasteiger partial charge in [-0.05, 0) is 12.1 Å². The highest BCUT2D eigenvalue weighted by Gasteiger charge is 2.15. The van der Waals surface area contributed by atoms with E-state index in [4.69, 9.17) is 15.2 Å². The molecule has 0 spiro atoms. The first kappa shape index (κ1) is 13.9. The molecule has 17 heavy (non-hydrogen) atoms. The molecule has 0 saturated carbocycles. The van der Waals surface area contributed by atoms with Crippen molar-refractivity contribution < 1.29 is 14.4 Å². The molecule has 6 nitrogen and oxygen atoms in total. The minimum absolute atomic E-state index is 0.0711. The van der Waals surface area contributed by atoms with Crippen LogP contribution in [0.25, 0.3) is 0 Å². The fourth-order valence-electron chi connectivity index (χ4n) is 1.15. The third kappa shape index (κ3) is 4.68. The maximum Gasteiger partial charge on any atom is 0.312 e. The number of halogens is 1. The Morgan fingerprint density at radius 1 is 1.35 bits per heavy atom. The first-order valence-corrected chi connectivity index (χ1v) is 5.79. The summed E-state index contributed by atoms with van der Waals surface area (Å²) in [4.78, 5) is 10.3. The molecule has 0 atom stereocenters. The molecule has 1 aromatic rings. The van der Waals surface area contributed by atoms with Crippen molar-refractivity contribution in [1.29, 1.82) is 0 Å². The molecule has 0 aliphatic carbocycles. The Hall–Kier alpha value is -1.18. The van der Waals surface area contributed by atoms with E-state index in [-0.39, 0.29) is 18.0 Å². The van der Waals surface area contributed by atoms with Crippen LogP contribution in [0, 0.1) is 10.1 Å². The minimum Gasteiger partial charge on any atom is -0.484 e. The Balaban J connectivity index is 2.55. The number of benzene rings is 1. The first-order valence-electron chi connectivity index (χ1n) is 4.99. The third-order valence-electron chi connectivity index (χ3n) is 1.87. The molecule has 0 amide bonds. The molecular weight excluding hydrogens is 292 g/mol. The summed E-state index contributed by atoms with van der Waals surface area (Å²) < 4.78 is 11.0. The molecule has 7 heteroatoms. The topological polar surface area (TPSA) is 87.6 Å². The Kier molecular flexibility index (Phi) is 5.88. The molecule has 0 aliphatic rings. The van der Waals surface area contributed by atoms with E-state index in [0.29, 0.717) is 24.2 Å². The van der Waals surface area contributed by atoms with Crippen molar-refractivity contribution in [3.05, 3.63) is 32.8 Å². The quantitative estimate of drug-likeness (QED) is 0.471. The highest BCUT2D eigenvalue weighted by molar-refractivity contribution is 9.10. The zero-order valence-corrected chi connectivity index (χ0v) is 10.7. The van der Waals surface area contributed by atoms with E-state index in [1.807, 2.05) is 0 Å². The van der Waals surface area contributed by atoms with Crippen molar-refractivity contribution in [3.63, 3.8) is 0 Å². The maximum absolute atomic E-state index is 10.8. The van der Waals surface area contributed by atoms with Gasteiger partial charge in [-0.1, -0.05) is 15.9 Å². The molecule has 0 fully saturated rings. The molecule has 0 radical (unpaired) electrons. The molecule has 1 rings (SSSR count). The average molecular weight is 305 g/mol. The van der Waals surface area contributed by atoms with Gasteiger partial charge in [0.25, 0.3) is 0 Å². The number of ether oxygens (including phenoxy) is 2. The normalized spacial score (nSPS) is 10.2. The Morgan fingerprint density at radius 3 is 2.76 bits per heavy atom. The van der Waals surface area contributed by atoms with Crippen LogP contribution in [-0.2, 0) is 4.74 Å². The SMILES string of the molecule is NCCOCCOc1ccc(Br)cc1[N+](=O)[O-]. The van der Waals surface area contributed by atoms with Gasteiger partial charge in [-0.3, -0.25) is 10.1 Å². The van der Waals surface area contributed by atoms with Crippen molar-refractivity contribution >= 4 is 21.6 Å². The van der Waals surface area contributed by atoms with Gasteiger partial charge < -0.3 is 15.2 Å². The summed E-state index contributed by atoms with van der Waals surface area (Å²) in [6, 6.07) is 4.63. The van der Waals surface area contributed by atoms with Crippen molar-refractivity contribution in [2.45, 2.75) is 0 Å². The number of rotatable bonds is 7. The van der Waals surface area contributed by atoms with Gasteiger partial charge in [0.15, 0.2) is 5.75 Å². The van der Waals surface area contributed by atoms with Crippen LogP contribution in [0.2, 0.25) is 0 Å². The number of nitro benzene ring substituents is 1. The van der Waals surface area contributed by atoms with E-state index in [9.17, 15) is 10.1 Å². The zero-order valence-electron chi connectivity index (χ0n) is 9.10. The lowest BCUT2D eigenvalue weighted by Gasteiger charge is -2.07. The lowest BCUT2D eigenvalue weighted by atomic mass is 10.3. The summed E-state index contributed by atoms with van der Waals surface area (Å²) in [6.45, 7) is 1.50. The number of nitrogens with two attached hydrogens (primary N) is 1. The molecule has 94 valence electrons. The van der Waals surface area contributed by atoms with Crippen LogP contribution in [0.3, 0.4) is 0 Å². The number of nitro groups is 1.